The van der Waals surface area contributed by atoms with E-state index in [0.29, 0.717) is 22.0 Å². The van der Waals surface area contributed by atoms with Gasteiger partial charge >= 0.3 is 0 Å². The van der Waals surface area contributed by atoms with E-state index in [1.165, 1.54) is 18.2 Å². The van der Waals surface area contributed by atoms with Crippen molar-refractivity contribution in [1.82, 2.24) is 14.9 Å². The van der Waals surface area contributed by atoms with Crippen molar-refractivity contribution in [1.29, 1.82) is 0 Å². The second-order valence-electron chi connectivity index (χ2n) is 6.08. The van der Waals surface area contributed by atoms with Gasteiger partial charge in [-0.05, 0) is 26.8 Å². The number of carbonyl (C=O) groups excluding carboxylic acids is 1. The first-order chi connectivity index (χ1) is 13.2. The summed E-state index contributed by atoms with van der Waals surface area (Å²) in [5, 5.41) is 22.3. The molecule has 11 heteroatoms. The monoisotopic (exact) mass is 423 g/mol. The lowest BCUT2D eigenvalue weighted by molar-refractivity contribution is -0.384. The molecular weight excluding hydrogens is 409 g/mol. The van der Waals surface area contributed by atoms with Crippen molar-refractivity contribution in [3.8, 4) is 0 Å². The van der Waals surface area contributed by atoms with Crippen LogP contribution in [0.2, 0.25) is 10.0 Å². The van der Waals surface area contributed by atoms with E-state index < -0.39 is 10.8 Å². The Labute approximate surface area is 169 Å². The Morgan fingerprint density at radius 1 is 1.32 bits per heavy atom. The number of halogens is 2. The summed E-state index contributed by atoms with van der Waals surface area (Å²) in [6.07, 6.45) is 0. The van der Waals surface area contributed by atoms with E-state index in [2.05, 4.69) is 15.6 Å². The molecule has 0 atom stereocenters. The predicted molar refractivity (Wildman–Crippen MR) is 103 cm³/mol. The average molecular weight is 424 g/mol. The van der Waals surface area contributed by atoms with Crippen LogP contribution in [0, 0.1) is 30.9 Å². The highest BCUT2D eigenvalue weighted by Gasteiger charge is 2.23. The van der Waals surface area contributed by atoms with Gasteiger partial charge in [0.15, 0.2) is 5.69 Å². The first kappa shape index (κ1) is 19.8. The smallest absolute Gasteiger partial charge is 0.278 e. The number of aryl methyl sites for hydroxylation is 2. The molecule has 1 N–H and O–H groups in total. The Bertz CT molecular complexity index is 1090. The number of rotatable bonds is 5. The summed E-state index contributed by atoms with van der Waals surface area (Å²) in [5.74, 6) is -0.166. The van der Waals surface area contributed by atoms with Gasteiger partial charge < -0.3 is 9.84 Å². The van der Waals surface area contributed by atoms with Crippen molar-refractivity contribution in [2.24, 2.45) is 0 Å². The third-order valence-corrected chi connectivity index (χ3v) is 5.09. The molecule has 0 aliphatic carbocycles. The topological polar surface area (TPSA) is 116 Å². The van der Waals surface area contributed by atoms with E-state index in [1.54, 1.807) is 18.5 Å². The minimum Gasteiger partial charge on any atom is -0.361 e. The number of aromatic nitrogens is 3. The molecule has 0 unspecified atom stereocenters. The Morgan fingerprint density at radius 3 is 2.64 bits per heavy atom. The van der Waals surface area contributed by atoms with Gasteiger partial charge in [-0.3, -0.25) is 19.6 Å². The van der Waals surface area contributed by atoms with Crippen molar-refractivity contribution in [3.63, 3.8) is 0 Å². The Morgan fingerprint density at radius 2 is 2.04 bits per heavy atom. The number of nitro groups is 1. The summed E-state index contributed by atoms with van der Waals surface area (Å²) in [6, 6.07) is 3.76. The van der Waals surface area contributed by atoms with Crippen molar-refractivity contribution in [3.05, 3.63) is 66.8 Å². The van der Waals surface area contributed by atoms with Crippen LogP contribution >= 0.6 is 23.2 Å². The van der Waals surface area contributed by atoms with Crippen molar-refractivity contribution < 1.29 is 14.2 Å². The zero-order valence-electron chi connectivity index (χ0n) is 15.1. The second-order valence-corrected chi connectivity index (χ2v) is 6.87. The van der Waals surface area contributed by atoms with E-state index in [4.69, 9.17) is 27.7 Å². The third kappa shape index (κ3) is 3.71. The maximum Gasteiger partial charge on any atom is 0.278 e. The van der Waals surface area contributed by atoms with Crippen LogP contribution in [0.3, 0.4) is 0 Å². The van der Waals surface area contributed by atoms with Gasteiger partial charge in [-0.25, -0.2) is 0 Å². The average Bonchev–Trinajstić information content (AvgIpc) is 3.12. The molecule has 2 heterocycles. The molecule has 28 heavy (non-hydrogen) atoms. The molecule has 0 radical (unpaired) electrons. The van der Waals surface area contributed by atoms with Gasteiger partial charge in [0.2, 0.25) is 0 Å². The van der Waals surface area contributed by atoms with Gasteiger partial charge in [0.1, 0.15) is 5.76 Å². The fourth-order valence-electron chi connectivity index (χ4n) is 2.64. The third-order valence-electron chi connectivity index (χ3n) is 4.21. The van der Waals surface area contributed by atoms with Gasteiger partial charge in [0.25, 0.3) is 11.6 Å². The minimum absolute atomic E-state index is 0.0312. The largest absolute Gasteiger partial charge is 0.361 e. The van der Waals surface area contributed by atoms with Crippen molar-refractivity contribution in [2.45, 2.75) is 27.3 Å². The standard InChI is InChI=1S/C17H15Cl2N5O4/c1-8-15(19)9(2)23(21-8)7-12-10(3)28-22-16(12)17(25)20-14-6-11(24(26)27)4-5-13(14)18/h4-6H,7H2,1-3H3,(H,20,25). The molecule has 1 amide bonds. The summed E-state index contributed by atoms with van der Waals surface area (Å²) in [4.78, 5) is 23.1. The van der Waals surface area contributed by atoms with Gasteiger partial charge in [0, 0.05) is 17.7 Å². The van der Waals surface area contributed by atoms with Crippen LogP contribution < -0.4 is 5.32 Å². The predicted octanol–water partition coefficient (Wildman–Crippen LogP) is 4.31. The quantitative estimate of drug-likeness (QED) is 0.482. The summed E-state index contributed by atoms with van der Waals surface area (Å²) in [6.45, 7) is 5.49. The molecule has 0 saturated heterocycles. The van der Waals surface area contributed by atoms with Crippen molar-refractivity contribution >= 4 is 40.5 Å². The van der Waals surface area contributed by atoms with Gasteiger partial charge in [-0.15, -0.1) is 0 Å². The lowest BCUT2D eigenvalue weighted by Gasteiger charge is -2.08. The molecule has 1 aromatic carbocycles. The zero-order valence-corrected chi connectivity index (χ0v) is 16.6. The van der Waals surface area contributed by atoms with Crippen LogP contribution in [0.15, 0.2) is 22.7 Å². The molecule has 0 spiro atoms. The van der Waals surface area contributed by atoms with Crippen LogP contribution in [0.1, 0.15) is 33.2 Å². The molecule has 2 aromatic heterocycles. The van der Waals surface area contributed by atoms with Crippen molar-refractivity contribution in [2.75, 3.05) is 5.32 Å². The SMILES string of the molecule is Cc1nn(Cc2c(C(=O)Nc3cc([N+](=O)[O-])ccc3Cl)noc2C)c(C)c1Cl. The number of nitro benzene ring substituents is 1. The Balaban J connectivity index is 1.91. The number of nitrogens with zero attached hydrogens (tertiary/aromatic N) is 4. The molecule has 146 valence electrons. The maximum atomic E-state index is 12.7. The number of hydrogen-bond donors (Lipinski definition) is 1. The highest BCUT2D eigenvalue weighted by atomic mass is 35.5. The first-order valence-electron chi connectivity index (χ1n) is 8.09. The zero-order chi connectivity index (χ0) is 20.6. The first-order valence-corrected chi connectivity index (χ1v) is 8.84. The van der Waals surface area contributed by atoms with Gasteiger partial charge in [-0.1, -0.05) is 28.4 Å². The van der Waals surface area contributed by atoms with E-state index in [9.17, 15) is 14.9 Å². The molecule has 3 aromatic rings. The van der Waals surface area contributed by atoms with Crippen LogP contribution in [0.25, 0.3) is 0 Å². The number of non-ortho nitro benzene ring substituents is 1. The van der Waals surface area contributed by atoms with E-state index in [0.717, 1.165) is 5.69 Å². The van der Waals surface area contributed by atoms with Crippen LogP contribution in [0.4, 0.5) is 11.4 Å². The highest BCUT2D eigenvalue weighted by molar-refractivity contribution is 6.34. The summed E-state index contributed by atoms with van der Waals surface area (Å²) in [7, 11) is 0. The number of amides is 1. The Hall–Kier alpha value is -2.91. The van der Waals surface area contributed by atoms with Crippen LogP contribution in [-0.4, -0.2) is 25.8 Å². The number of benzene rings is 1. The highest BCUT2D eigenvalue weighted by Crippen LogP contribution is 2.28. The minimum atomic E-state index is -0.609. The number of hydrogen-bond acceptors (Lipinski definition) is 6. The van der Waals surface area contributed by atoms with E-state index >= 15 is 0 Å². The molecule has 3 rings (SSSR count). The molecule has 0 aliphatic rings. The summed E-state index contributed by atoms with van der Waals surface area (Å²) < 4.78 is 6.82. The number of anilines is 1. The van der Waals surface area contributed by atoms with Gasteiger partial charge in [0.05, 0.1) is 38.6 Å². The lowest BCUT2D eigenvalue weighted by atomic mass is 10.1. The number of carbonyl (C=O) groups is 1. The molecule has 0 aliphatic heterocycles. The van der Waals surface area contributed by atoms with E-state index in [-0.39, 0.29) is 28.6 Å². The summed E-state index contributed by atoms with van der Waals surface area (Å²) in [5.41, 5.74) is 1.86. The van der Waals surface area contributed by atoms with Crippen LogP contribution in [0.5, 0.6) is 0 Å². The van der Waals surface area contributed by atoms with Crippen LogP contribution in [-0.2, 0) is 6.54 Å². The number of nitrogens with one attached hydrogen (secondary N) is 1. The molecule has 0 bridgehead atoms. The fourth-order valence-corrected chi connectivity index (χ4v) is 2.94. The molecule has 9 nitrogen and oxygen atoms in total. The molecule has 0 fully saturated rings. The normalized spacial score (nSPS) is 10.9. The maximum absolute atomic E-state index is 12.7. The molecule has 0 saturated carbocycles. The van der Waals surface area contributed by atoms with Gasteiger partial charge in [-0.2, -0.15) is 5.10 Å². The van der Waals surface area contributed by atoms with E-state index in [1.807, 2.05) is 6.92 Å². The second kappa shape index (κ2) is 7.61. The fraction of sp³-hybridized carbons (Fsp3) is 0.235. The summed E-state index contributed by atoms with van der Waals surface area (Å²) >= 11 is 12.2. The molecular formula is C17H15Cl2N5O4. The lowest BCUT2D eigenvalue weighted by Crippen LogP contribution is -2.17. The Kier molecular flexibility index (Phi) is 5.39.